The lowest BCUT2D eigenvalue weighted by atomic mass is 9.81. The van der Waals surface area contributed by atoms with Gasteiger partial charge in [-0.05, 0) is 54.5 Å². The smallest absolute Gasteiger partial charge is 0.343 e. The zero-order chi connectivity index (χ0) is 55.1. The summed E-state index contributed by atoms with van der Waals surface area (Å²) in [6.45, 7) is 0.815. The van der Waals surface area contributed by atoms with Crippen molar-refractivity contribution >= 4 is 82.3 Å². The molecule has 8 N–H and O–H groups in total. The van der Waals surface area contributed by atoms with E-state index in [1.54, 1.807) is 50.2 Å². The Labute approximate surface area is 444 Å². The molecule has 9 amide bonds. The summed E-state index contributed by atoms with van der Waals surface area (Å²) in [5.41, 5.74) is 3.66. The van der Waals surface area contributed by atoms with Crippen LogP contribution in [-0.2, 0) is 89.0 Å². The number of amides is 9. The van der Waals surface area contributed by atoms with Crippen LogP contribution in [0.1, 0.15) is 77.6 Å². The highest BCUT2D eigenvalue weighted by molar-refractivity contribution is 7.71. The van der Waals surface area contributed by atoms with E-state index < -0.39 is 116 Å². The number of aryl methyl sites for hydroxylation is 1. The van der Waals surface area contributed by atoms with Gasteiger partial charge < -0.3 is 56.4 Å². The van der Waals surface area contributed by atoms with Crippen molar-refractivity contribution in [1.29, 1.82) is 0 Å². The first kappa shape index (κ1) is 55.0. The first-order chi connectivity index (χ1) is 36.9. The van der Waals surface area contributed by atoms with Crippen LogP contribution in [0.2, 0.25) is 0 Å². The topological polar surface area (TPSA) is 315 Å². The molecule has 0 saturated heterocycles. The molecule has 0 bridgehead atoms. The average molecular weight is 1080 g/mol. The van der Waals surface area contributed by atoms with E-state index in [0.29, 0.717) is 62.0 Å². The van der Waals surface area contributed by atoms with Crippen molar-refractivity contribution in [3.05, 3.63) is 104 Å². The summed E-state index contributed by atoms with van der Waals surface area (Å²) >= 11 is 5.90. The van der Waals surface area contributed by atoms with Crippen LogP contribution in [0.15, 0.2) is 54.6 Å². The van der Waals surface area contributed by atoms with Crippen LogP contribution in [0.25, 0.3) is 22.3 Å². The molecule has 404 valence electrons. The molecule has 0 spiro atoms. The van der Waals surface area contributed by atoms with Crippen molar-refractivity contribution in [1.82, 2.24) is 51.7 Å². The van der Waals surface area contributed by atoms with Crippen molar-refractivity contribution in [2.24, 2.45) is 0 Å². The fourth-order valence-electron chi connectivity index (χ4n) is 9.65. The van der Waals surface area contributed by atoms with Crippen molar-refractivity contribution in [3.63, 3.8) is 0 Å². The summed E-state index contributed by atoms with van der Waals surface area (Å²) in [6, 6.07) is 9.98. The molecule has 0 fully saturated rings. The quantitative estimate of drug-likeness (QED) is 0.0149. The van der Waals surface area contributed by atoms with E-state index >= 15 is 4.39 Å². The summed E-state index contributed by atoms with van der Waals surface area (Å²) in [5.74, 6) is -6.73. The van der Waals surface area contributed by atoms with Crippen molar-refractivity contribution < 1.29 is 66.9 Å². The number of ether oxygens (including phenoxy) is 2. The zero-order valence-electron chi connectivity index (χ0n) is 41.9. The number of rotatable bonds is 22. The second-order valence-electron chi connectivity index (χ2n) is 18.7. The standard InChI is InChI=1S/C52H55FN10O13S/c1-3-52(74)32-18-37-48-30(23-63(37)50(77)31(32)24-76-51(52)73)47-34(10-9-29-27(2)33(53)19-35(61-48)46(29)47)59-43(69)25-75-26-58-41(67)21-57-49(72)36(17-28-7-5-4-6-8-28)60-42(68)22-56-40(66)20-55-38(64)13-15-54-39(65)14-16-62-44(70)11-12-45(62)71/h4-8,11-12,18-19,34,36,74H,3,9-10,13-17,20-26H2,1-2H3,(H,54,65)(H,55,64)(H,56,66)(H,57,72)(H,58,67)(H,59,69)(H,60,68)/t34?,36-,52-/m0/s1. The minimum Gasteiger partial charge on any atom is -0.458 e. The van der Waals surface area contributed by atoms with Crippen LogP contribution < -0.4 is 37.2 Å². The van der Waals surface area contributed by atoms with Gasteiger partial charge in [-0.25, -0.2) is 14.2 Å². The Hall–Kier alpha value is -8.29. The third-order valence-electron chi connectivity index (χ3n) is 13.7. The van der Waals surface area contributed by atoms with Crippen LogP contribution in [0.4, 0.5) is 4.39 Å². The number of pyridine rings is 2. The van der Waals surface area contributed by atoms with E-state index in [1.807, 2.05) is 4.57 Å². The average Bonchev–Trinajstić information content (AvgIpc) is 3.95. The number of aromatic nitrogens is 2. The van der Waals surface area contributed by atoms with E-state index in [0.717, 1.165) is 33.7 Å². The summed E-state index contributed by atoms with van der Waals surface area (Å²) in [7, 11) is 0. The maximum absolute atomic E-state index is 15.4. The Bertz CT molecular complexity index is 3200. The maximum Gasteiger partial charge on any atom is 0.343 e. The van der Waals surface area contributed by atoms with Gasteiger partial charge in [0.25, 0.3) is 11.8 Å². The summed E-state index contributed by atoms with van der Waals surface area (Å²) < 4.78 is 28.4. The second-order valence-corrected chi connectivity index (χ2v) is 19.0. The van der Waals surface area contributed by atoms with Gasteiger partial charge in [0.05, 0.1) is 49.1 Å². The lowest BCUT2D eigenvalue weighted by molar-refractivity contribution is -0.172. The van der Waals surface area contributed by atoms with Crippen molar-refractivity contribution in [2.45, 2.75) is 83.2 Å². The lowest BCUT2D eigenvalue weighted by Crippen LogP contribution is -2.52. The molecule has 25 heteroatoms. The van der Waals surface area contributed by atoms with Crippen LogP contribution in [0.3, 0.4) is 0 Å². The first-order valence-electron chi connectivity index (χ1n) is 24.8. The number of esters is 1. The van der Waals surface area contributed by atoms with E-state index in [2.05, 4.69) is 37.2 Å². The molecule has 3 atom stereocenters. The number of aliphatic hydroxyl groups is 1. The minimum atomic E-state index is -1.93. The molecule has 2 aromatic carbocycles. The van der Waals surface area contributed by atoms with E-state index in [-0.39, 0.29) is 51.9 Å². The highest BCUT2D eigenvalue weighted by Crippen LogP contribution is 2.47. The SMILES string of the molecule is CC[C@@]1(O)C(=O)OCc2c1cc1n(c2=S)Cc2c-1nc1cc(F)c(C)c3c1c2C(NC(=O)COCNC(=O)CNC(=O)[C@H](Cc1ccccc1)NC(=O)CNC(=O)CNC(=O)CCNC(=O)CCN1C(=O)C=CC1=O)CC3. The molecule has 1 unspecified atom stereocenters. The highest BCUT2D eigenvalue weighted by Gasteiger charge is 2.45. The number of nitrogens with zero attached hydrogens (tertiary/aromatic N) is 3. The third-order valence-corrected chi connectivity index (χ3v) is 14.2. The Morgan fingerprint density at radius 1 is 0.870 bits per heavy atom. The van der Waals surface area contributed by atoms with Gasteiger partial charge in [0, 0.05) is 72.6 Å². The van der Waals surface area contributed by atoms with Crippen molar-refractivity contribution in [3.8, 4) is 11.4 Å². The molecule has 0 saturated carbocycles. The molecule has 1 aliphatic carbocycles. The van der Waals surface area contributed by atoms with Gasteiger partial charge in [0.15, 0.2) is 5.60 Å². The molecule has 77 heavy (non-hydrogen) atoms. The molecule has 5 heterocycles. The number of hydrogen-bond acceptors (Lipinski definition) is 15. The number of cyclic esters (lactones) is 1. The number of benzene rings is 2. The number of imide groups is 1. The van der Waals surface area contributed by atoms with E-state index in [9.17, 15) is 53.1 Å². The Morgan fingerprint density at radius 2 is 1.56 bits per heavy atom. The number of halogens is 1. The van der Waals surface area contributed by atoms with Gasteiger partial charge in [-0.3, -0.25) is 48.1 Å². The van der Waals surface area contributed by atoms with E-state index in [1.165, 1.54) is 6.07 Å². The zero-order valence-corrected chi connectivity index (χ0v) is 42.7. The van der Waals surface area contributed by atoms with Gasteiger partial charge >= 0.3 is 5.97 Å². The predicted molar refractivity (Wildman–Crippen MR) is 271 cm³/mol. The summed E-state index contributed by atoms with van der Waals surface area (Å²) in [6.07, 6.45) is 2.76. The molecule has 8 rings (SSSR count). The van der Waals surface area contributed by atoms with Crippen LogP contribution >= 0.6 is 12.2 Å². The van der Waals surface area contributed by atoms with Crippen molar-refractivity contribution in [2.75, 3.05) is 46.1 Å². The summed E-state index contributed by atoms with van der Waals surface area (Å²) in [5, 5.41) is 29.9. The van der Waals surface area contributed by atoms with Gasteiger partial charge in [-0.15, -0.1) is 0 Å². The molecule has 2 aromatic heterocycles. The first-order valence-corrected chi connectivity index (χ1v) is 25.2. The van der Waals surface area contributed by atoms with Crippen LogP contribution in [-0.4, -0.2) is 131 Å². The third kappa shape index (κ3) is 12.2. The number of fused-ring (bicyclic) bond motifs is 5. The number of carbonyl (C=O) groups is 10. The molecule has 23 nitrogen and oxygen atoms in total. The second kappa shape index (κ2) is 23.7. The molecule has 0 radical (unpaired) electrons. The molecule has 4 aromatic rings. The van der Waals surface area contributed by atoms with Gasteiger partial charge in [-0.1, -0.05) is 49.5 Å². The molecule has 4 aliphatic rings. The fourth-order valence-corrected chi connectivity index (χ4v) is 9.98. The maximum atomic E-state index is 15.4. The molecular weight excluding hydrogens is 1020 g/mol. The fraction of sp³-hybridized carbons (Fsp3) is 0.385. The Kier molecular flexibility index (Phi) is 16.9. The van der Waals surface area contributed by atoms with E-state index in [4.69, 9.17) is 26.7 Å². The molecule has 3 aliphatic heterocycles. The van der Waals surface area contributed by atoms with Crippen LogP contribution in [0, 0.1) is 17.4 Å². The summed E-state index contributed by atoms with van der Waals surface area (Å²) in [4.78, 5) is 131. The Morgan fingerprint density at radius 3 is 2.30 bits per heavy atom. The molecular formula is C52H55FN10O13S. The minimum absolute atomic E-state index is 0.0188. The lowest BCUT2D eigenvalue weighted by Gasteiger charge is -2.32. The van der Waals surface area contributed by atoms with Gasteiger partial charge in [-0.2, -0.15) is 0 Å². The van der Waals surface area contributed by atoms with Gasteiger partial charge in [0.2, 0.25) is 41.4 Å². The predicted octanol–water partition coefficient (Wildman–Crippen LogP) is -0.0123. The van der Waals surface area contributed by atoms with Gasteiger partial charge in [0.1, 0.15) is 36.4 Å². The monoisotopic (exact) mass is 1080 g/mol. The van der Waals surface area contributed by atoms with Crippen LogP contribution in [0.5, 0.6) is 0 Å². The Balaban J connectivity index is 0.796. The number of nitrogens with one attached hydrogen (secondary N) is 7. The highest BCUT2D eigenvalue weighted by atomic mass is 32.1. The number of carbonyl (C=O) groups excluding carboxylic acids is 10. The number of hydrogen-bond donors (Lipinski definition) is 8. The normalized spacial score (nSPS) is 17.1. The largest absolute Gasteiger partial charge is 0.458 e.